The molecule has 0 spiro atoms. The Morgan fingerprint density at radius 1 is 1.33 bits per heavy atom. The van der Waals surface area contributed by atoms with E-state index in [2.05, 4.69) is 27.8 Å². The highest BCUT2D eigenvalue weighted by Crippen LogP contribution is 2.31. The van der Waals surface area contributed by atoms with Crippen molar-refractivity contribution < 1.29 is 4.42 Å². The van der Waals surface area contributed by atoms with Gasteiger partial charge in [0.2, 0.25) is 0 Å². The lowest BCUT2D eigenvalue weighted by Gasteiger charge is -2.06. The number of furan rings is 1. The molecule has 0 bridgehead atoms. The van der Waals surface area contributed by atoms with Gasteiger partial charge in [-0.3, -0.25) is 0 Å². The van der Waals surface area contributed by atoms with E-state index in [1.807, 2.05) is 32.3 Å². The van der Waals surface area contributed by atoms with Crippen molar-refractivity contribution in [1.29, 1.82) is 0 Å². The maximum absolute atomic E-state index is 5.82. The summed E-state index contributed by atoms with van der Waals surface area (Å²) in [6, 6.07) is 6.05. The first kappa shape index (κ1) is 10.7. The summed E-state index contributed by atoms with van der Waals surface area (Å²) in [6.07, 6.45) is 0. The van der Waals surface area contributed by atoms with Gasteiger partial charge in [0.1, 0.15) is 11.3 Å². The van der Waals surface area contributed by atoms with E-state index in [-0.39, 0.29) is 0 Å². The molecule has 0 radical (unpaired) electrons. The normalized spacial score (nSPS) is 11.5. The van der Waals surface area contributed by atoms with E-state index in [0.717, 1.165) is 22.4 Å². The summed E-state index contributed by atoms with van der Waals surface area (Å²) in [5, 5.41) is 1.19. The monoisotopic (exact) mass is 267 g/mol. The van der Waals surface area contributed by atoms with Crippen LogP contribution in [0.15, 0.2) is 27.1 Å². The molecule has 15 heavy (non-hydrogen) atoms. The van der Waals surface area contributed by atoms with Gasteiger partial charge in [-0.25, -0.2) is 0 Å². The lowest BCUT2D eigenvalue weighted by molar-refractivity contribution is 0.356. The fraction of sp³-hybridized carbons (Fsp3) is 0.333. The summed E-state index contributed by atoms with van der Waals surface area (Å²) in [7, 11) is 4.09. The highest BCUT2D eigenvalue weighted by atomic mass is 79.9. The van der Waals surface area contributed by atoms with Crippen molar-refractivity contribution >= 4 is 26.9 Å². The summed E-state index contributed by atoms with van der Waals surface area (Å²) in [4.78, 5) is 2.11. The fourth-order valence-corrected chi connectivity index (χ4v) is 2.39. The van der Waals surface area contributed by atoms with Crippen LogP contribution < -0.4 is 0 Å². The molecule has 0 aliphatic rings. The zero-order valence-electron chi connectivity index (χ0n) is 9.17. The molecular weight excluding hydrogens is 254 g/mol. The quantitative estimate of drug-likeness (QED) is 0.827. The first-order valence-corrected chi connectivity index (χ1v) is 5.70. The molecule has 0 fully saturated rings. The number of nitrogens with zero attached hydrogens (tertiary/aromatic N) is 1. The summed E-state index contributed by atoms with van der Waals surface area (Å²) in [5.41, 5.74) is 2.19. The molecule has 2 aromatic rings. The summed E-state index contributed by atoms with van der Waals surface area (Å²) in [5.74, 6) is 1.04. The first-order valence-electron chi connectivity index (χ1n) is 4.91. The molecule has 1 aromatic carbocycles. The number of hydrogen-bond acceptors (Lipinski definition) is 2. The Hall–Kier alpha value is -0.800. The Bertz CT molecular complexity index is 488. The van der Waals surface area contributed by atoms with Crippen LogP contribution >= 0.6 is 15.9 Å². The van der Waals surface area contributed by atoms with Crippen LogP contribution in [0.1, 0.15) is 11.3 Å². The van der Waals surface area contributed by atoms with Gasteiger partial charge < -0.3 is 9.32 Å². The van der Waals surface area contributed by atoms with Gasteiger partial charge in [0.25, 0.3) is 0 Å². The van der Waals surface area contributed by atoms with E-state index >= 15 is 0 Å². The second kappa shape index (κ2) is 3.99. The van der Waals surface area contributed by atoms with Crippen molar-refractivity contribution in [3.63, 3.8) is 0 Å². The minimum atomic E-state index is 0.840. The predicted octanol–water partition coefficient (Wildman–Crippen LogP) is 3.57. The molecule has 3 heteroatoms. The van der Waals surface area contributed by atoms with Crippen molar-refractivity contribution in [2.24, 2.45) is 0 Å². The van der Waals surface area contributed by atoms with Crippen molar-refractivity contribution in [3.8, 4) is 0 Å². The van der Waals surface area contributed by atoms with Crippen LogP contribution in [0.5, 0.6) is 0 Å². The highest BCUT2D eigenvalue weighted by Gasteiger charge is 2.12. The Morgan fingerprint density at radius 3 is 2.67 bits per heavy atom. The molecule has 0 unspecified atom stereocenters. The number of hydrogen-bond donors (Lipinski definition) is 0. The molecule has 0 saturated heterocycles. The molecule has 0 amide bonds. The summed E-state index contributed by atoms with van der Waals surface area (Å²) < 4.78 is 6.92. The van der Waals surface area contributed by atoms with Gasteiger partial charge in [-0.05, 0) is 33.2 Å². The lowest BCUT2D eigenvalue weighted by Crippen LogP contribution is -2.10. The van der Waals surface area contributed by atoms with Crippen LogP contribution in [0.3, 0.4) is 0 Å². The van der Waals surface area contributed by atoms with Crippen molar-refractivity contribution in [2.45, 2.75) is 13.5 Å². The van der Waals surface area contributed by atoms with Crippen LogP contribution in [0, 0.1) is 6.92 Å². The Balaban J connectivity index is 2.59. The topological polar surface area (TPSA) is 16.4 Å². The highest BCUT2D eigenvalue weighted by molar-refractivity contribution is 9.10. The third-order valence-electron chi connectivity index (χ3n) is 2.46. The number of halogens is 1. The number of benzene rings is 1. The number of aryl methyl sites for hydroxylation is 1. The van der Waals surface area contributed by atoms with Crippen LogP contribution in [0.25, 0.3) is 11.0 Å². The van der Waals surface area contributed by atoms with Gasteiger partial charge in [0, 0.05) is 15.4 Å². The molecule has 0 aliphatic carbocycles. The van der Waals surface area contributed by atoms with E-state index < -0.39 is 0 Å². The van der Waals surface area contributed by atoms with E-state index in [1.54, 1.807) is 0 Å². The zero-order valence-corrected chi connectivity index (χ0v) is 10.8. The molecule has 80 valence electrons. The van der Waals surface area contributed by atoms with Crippen LogP contribution in [0.4, 0.5) is 0 Å². The molecule has 0 saturated carbocycles. The fourth-order valence-electron chi connectivity index (χ4n) is 1.74. The van der Waals surface area contributed by atoms with E-state index in [9.17, 15) is 0 Å². The minimum Gasteiger partial charge on any atom is -0.459 e. The minimum absolute atomic E-state index is 0.840. The maximum atomic E-state index is 5.82. The second-order valence-electron chi connectivity index (χ2n) is 4.00. The van der Waals surface area contributed by atoms with Gasteiger partial charge in [0.05, 0.1) is 6.54 Å². The SMILES string of the molecule is Cc1c(CN(C)C)oc2cccc(Br)c12. The van der Waals surface area contributed by atoms with Crippen LogP contribution in [0.2, 0.25) is 0 Å². The van der Waals surface area contributed by atoms with Crippen molar-refractivity contribution in [2.75, 3.05) is 14.1 Å². The molecular formula is C12H14BrNO. The zero-order chi connectivity index (χ0) is 11.0. The third kappa shape index (κ3) is 1.94. The Kier molecular flexibility index (Phi) is 2.85. The second-order valence-corrected chi connectivity index (χ2v) is 4.86. The lowest BCUT2D eigenvalue weighted by atomic mass is 10.1. The first-order chi connectivity index (χ1) is 7.09. The van der Waals surface area contributed by atoms with E-state index in [0.29, 0.717) is 0 Å². The molecule has 1 heterocycles. The van der Waals surface area contributed by atoms with Gasteiger partial charge >= 0.3 is 0 Å². The number of fused-ring (bicyclic) bond motifs is 1. The average Bonchev–Trinajstić information content (AvgIpc) is 2.44. The standard InChI is InChI=1S/C12H14BrNO/c1-8-11(7-14(2)3)15-10-6-4-5-9(13)12(8)10/h4-6H,7H2,1-3H3. The summed E-state index contributed by atoms with van der Waals surface area (Å²) in [6.45, 7) is 2.95. The smallest absolute Gasteiger partial charge is 0.135 e. The van der Waals surface area contributed by atoms with Gasteiger partial charge in [-0.15, -0.1) is 0 Å². The Labute approximate surface area is 98.0 Å². The van der Waals surface area contributed by atoms with Crippen molar-refractivity contribution in [1.82, 2.24) is 4.90 Å². The van der Waals surface area contributed by atoms with Crippen LogP contribution in [-0.2, 0) is 6.54 Å². The maximum Gasteiger partial charge on any atom is 0.135 e. The molecule has 0 N–H and O–H groups in total. The third-order valence-corrected chi connectivity index (χ3v) is 3.12. The molecule has 2 nitrogen and oxygen atoms in total. The predicted molar refractivity (Wildman–Crippen MR) is 66.0 cm³/mol. The van der Waals surface area contributed by atoms with Gasteiger partial charge in [-0.2, -0.15) is 0 Å². The molecule has 2 rings (SSSR count). The van der Waals surface area contributed by atoms with E-state index in [1.165, 1.54) is 10.9 Å². The van der Waals surface area contributed by atoms with Gasteiger partial charge in [0.15, 0.2) is 0 Å². The van der Waals surface area contributed by atoms with Gasteiger partial charge in [-0.1, -0.05) is 22.0 Å². The summed E-state index contributed by atoms with van der Waals surface area (Å²) >= 11 is 3.55. The molecule has 0 atom stereocenters. The molecule has 0 aliphatic heterocycles. The van der Waals surface area contributed by atoms with E-state index in [4.69, 9.17) is 4.42 Å². The number of rotatable bonds is 2. The van der Waals surface area contributed by atoms with Crippen molar-refractivity contribution in [3.05, 3.63) is 34.0 Å². The average molecular weight is 268 g/mol. The largest absolute Gasteiger partial charge is 0.459 e. The van der Waals surface area contributed by atoms with Crippen LogP contribution in [-0.4, -0.2) is 19.0 Å². The molecule has 1 aromatic heterocycles. The Morgan fingerprint density at radius 2 is 2.07 bits per heavy atom.